The van der Waals surface area contributed by atoms with Crippen LogP contribution in [0.15, 0.2) is 215 Å². The van der Waals surface area contributed by atoms with Crippen LogP contribution in [0.1, 0.15) is 48.6 Å². The molecule has 0 unspecified atom stereocenters. The Kier molecular flexibility index (Phi) is 7.93. The molecule has 0 saturated heterocycles. The Balaban J connectivity index is 1.05. The minimum absolute atomic E-state index is 0.486. The molecule has 0 radical (unpaired) electrons. The van der Waals surface area contributed by atoms with E-state index in [1.807, 2.05) is 0 Å². The number of anilines is 6. The largest absolute Gasteiger partial charge is 0.454 e. The third kappa shape index (κ3) is 5.53. The van der Waals surface area contributed by atoms with Crippen molar-refractivity contribution in [3.63, 3.8) is 0 Å². The first-order chi connectivity index (χ1) is 34.7. The molecule has 0 aliphatic heterocycles. The van der Waals surface area contributed by atoms with Crippen LogP contribution in [0.4, 0.5) is 34.1 Å². The molecule has 16 rings (SSSR count). The molecule has 2 aliphatic rings. The van der Waals surface area contributed by atoms with Gasteiger partial charge in [0.05, 0.1) is 34.1 Å². The van der Waals surface area contributed by atoms with Crippen molar-refractivity contribution >= 4 is 132 Å². The van der Waals surface area contributed by atoms with Gasteiger partial charge in [0.25, 0.3) is 0 Å². The summed E-state index contributed by atoms with van der Waals surface area (Å²) in [5.74, 6) is 0.972. The van der Waals surface area contributed by atoms with Gasteiger partial charge in [0.2, 0.25) is 0 Å². The van der Waals surface area contributed by atoms with Gasteiger partial charge in [-0.2, -0.15) is 0 Å². The zero-order valence-corrected chi connectivity index (χ0v) is 38.3. The van der Waals surface area contributed by atoms with Gasteiger partial charge in [0.15, 0.2) is 11.2 Å². The molecule has 70 heavy (non-hydrogen) atoms. The molecular weight excluding hydrogens is 853 g/mol. The van der Waals surface area contributed by atoms with Gasteiger partial charge in [-0.15, -0.1) is 0 Å². The maximum atomic E-state index is 6.94. The highest BCUT2D eigenvalue weighted by Crippen LogP contribution is 2.57. The van der Waals surface area contributed by atoms with Crippen LogP contribution in [-0.2, 0) is 0 Å². The fourth-order valence-corrected chi connectivity index (χ4v) is 12.2. The molecule has 0 bridgehead atoms. The van der Waals surface area contributed by atoms with Crippen molar-refractivity contribution in [3.8, 4) is 0 Å². The number of nitrogens with zero attached hydrogens (tertiary/aromatic N) is 2. The standard InChI is InChI=1S/C66H44N2O2/c1-3-17-43-39(13-1)15-9-23-55(43)67(57-25-11-21-49-45-19-5-7-27-61(45)69-65(49)57)59-37-53(41-29-30-41)47-34-36-52-60(38-54(42-31-32-42)48-33-35-51(59)63(47)64(48)52)68(56-24-10-16-40-14-2-4-18-44(40)56)58-26-12-22-50-46-20-6-8-28-62(46)70-66(50)58/h1-28,33-38,41-42H,29-32H2. The van der Waals surface area contributed by atoms with Crippen LogP contribution < -0.4 is 9.80 Å². The molecular formula is C66H44N2O2. The number of benzene rings is 12. The summed E-state index contributed by atoms with van der Waals surface area (Å²) in [6.07, 6.45) is 4.75. The minimum Gasteiger partial charge on any atom is -0.454 e. The van der Waals surface area contributed by atoms with Gasteiger partial charge < -0.3 is 18.6 Å². The highest BCUT2D eigenvalue weighted by atomic mass is 16.3. The molecule has 4 heteroatoms. The van der Waals surface area contributed by atoms with Crippen molar-refractivity contribution in [2.75, 3.05) is 9.80 Å². The van der Waals surface area contributed by atoms with Crippen molar-refractivity contribution in [2.45, 2.75) is 37.5 Å². The van der Waals surface area contributed by atoms with Crippen LogP contribution >= 0.6 is 0 Å². The Hall–Kier alpha value is -8.60. The average molecular weight is 897 g/mol. The molecule has 2 heterocycles. The minimum atomic E-state index is 0.486. The first kappa shape index (κ1) is 38.4. The van der Waals surface area contributed by atoms with Crippen LogP contribution in [0.5, 0.6) is 0 Å². The number of rotatable bonds is 8. The van der Waals surface area contributed by atoms with Crippen LogP contribution in [-0.4, -0.2) is 0 Å². The summed E-state index contributed by atoms with van der Waals surface area (Å²) in [5.41, 5.74) is 13.1. The average Bonchev–Trinajstić information content (AvgIpc) is 4.37. The zero-order chi connectivity index (χ0) is 45.6. The summed E-state index contributed by atoms with van der Waals surface area (Å²) in [7, 11) is 0. The lowest BCUT2D eigenvalue weighted by molar-refractivity contribution is 0.669. The number of fused-ring (bicyclic) bond motifs is 8. The van der Waals surface area contributed by atoms with Gasteiger partial charge in [-0.25, -0.2) is 0 Å². The van der Waals surface area contributed by atoms with Gasteiger partial charge in [0.1, 0.15) is 11.2 Å². The SMILES string of the molecule is c1ccc2c(N(c3cc(C4CC4)c4ccc5c(N(c6cccc7ccccc67)c6cccc7c6oc6ccccc67)cc(C6CC6)c6ccc3c4c65)c3cccc4c3oc3ccccc34)cccc2c1. The molecule has 12 aromatic carbocycles. The molecule has 0 atom stereocenters. The lowest BCUT2D eigenvalue weighted by atomic mass is 9.86. The van der Waals surface area contributed by atoms with E-state index >= 15 is 0 Å². The number of para-hydroxylation sites is 4. The maximum absolute atomic E-state index is 6.94. The molecule has 2 aliphatic carbocycles. The van der Waals surface area contributed by atoms with E-state index in [1.54, 1.807) is 0 Å². The van der Waals surface area contributed by atoms with Crippen molar-refractivity contribution in [2.24, 2.45) is 0 Å². The first-order valence-corrected chi connectivity index (χ1v) is 24.9. The Morgan fingerprint density at radius 3 is 1.10 bits per heavy atom. The summed E-state index contributed by atoms with van der Waals surface area (Å²) < 4.78 is 13.9. The van der Waals surface area contributed by atoms with E-state index in [2.05, 4.69) is 216 Å². The molecule has 2 aromatic heterocycles. The summed E-state index contributed by atoms with van der Waals surface area (Å²) in [6, 6.07) is 76.2. The third-order valence-electron chi connectivity index (χ3n) is 15.7. The van der Waals surface area contributed by atoms with Crippen molar-refractivity contribution in [3.05, 3.63) is 217 Å². The van der Waals surface area contributed by atoms with Crippen LogP contribution in [0.25, 0.3) is 97.7 Å². The molecule has 330 valence electrons. The van der Waals surface area contributed by atoms with E-state index in [-0.39, 0.29) is 0 Å². The fourth-order valence-electron chi connectivity index (χ4n) is 12.2. The Bertz CT molecular complexity index is 4180. The second-order valence-electron chi connectivity index (χ2n) is 19.8. The summed E-state index contributed by atoms with van der Waals surface area (Å²) in [5, 5.41) is 17.1. The third-order valence-corrected chi connectivity index (χ3v) is 15.7. The van der Waals surface area contributed by atoms with E-state index < -0.39 is 0 Å². The molecule has 0 amide bonds. The first-order valence-electron chi connectivity index (χ1n) is 24.9. The second kappa shape index (κ2) is 14.5. The summed E-state index contributed by atoms with van der Waals surface area (Å²) in [6.45, 7) is 0. The van der Waals surface area contributed by atoms with Gasteiger partial charge in [-0.3, -0.25) is 0 Å². The van der Waals surface area contributed by atoms with Gasteiger partial charge in [-0.05, 0) is 129 Å². The van der Waals surface area contributed by atoms with Gasteiger partial charge in [-0.1, -0.05) is 158 Å². The smallest absolute Gasteiger partial charge is 0.159 e. The summed E-state index contributed by atoms with van der Waals surface area (Å²) in [4.78, 5) is 5.05. The normalized spacial score (nSPS) is 14.2. The monoisotopic (exact) mass is 896 g/mol. The van der Waals surface area contributed by atoms with Crippen LogP contribution in [0.2, 0.25) is 0 Å². The molecule has 14 aromatic rings. The fraction of sp³-hybridized carbons (Fsp3) is 0.0909. The molecule has 0 N–H and O–H groups in total. The molecule has 0 spiro atoms. The molecule has 4 nitrogen and oxygen atoms in total. The topological polar surface area (TPSA) is 32.8 Å². The Morgan fingerprint density at radius 1 is 0.286 bits per heavy atom. The highest BCUT2D eigenvalue weighted by Gasteiger charge is 2.34. The highest BCUT2D eigenvalue weighted by molar-refractivity contribution is 6.30. The van der Waals surface area contributed by atoms with Gasteiger partial charge in [0, 0.05) is 43.1 Å². The number of hydrogen-bond donors (Lipinski definition) is 0. The Morgan fingerprint density at radius 2 is 0.643 bits per heavy atom. The summed E-state index contributed by atoms with van der Waals surface area (Å²) >= 11 is 0. The van der Waals surface area contributed by atoms with E-state index in [9.17, 15) is 0 Å². The zero-order valence-electron chi connectivity index (χ0n) is 38.3. The number of hydrogen-bond acceptors (Lipinski definition) is 4. The molecule has 2 fully saturated rings. The predicted octanol–water partition coefficient (Wildman–Crippen LogP) is 19.4. The van der Waals surface area contributed by atoms with E-state index in [0.29, 0.717) is 11.8 Å². The van der Waals surface area contributed by atoms with Crippen molar-refractivity contribution in [1.82, 2.24) is 0 Å². The van der Waals surface area contributed by atoms with E-state index in [1.165, 1.54) is 102 Å². The van der Waals surface area contributed by atoms with E-state index in [0.717, 1.165) is 66.6 Å². The maximum Gasteiger partial charge on any atom is 0.159 e. The molecule has 2 saturated carbocycles. The quantitative estimate of drug-likeness (QED) is 0.142. The van der Waals surface area contributed by atoms with Crippen LogP contribution in [0, 0.1) is 0 Å². The lowest BCUT2D eigenvalue weighted by Gasteiger charge is -2.31. The predicted molar refractivity (Wildman–Crippen MR) is 293 cm³/mol. The van der Waals surface area contributed by atoms with E-state index in [4.69, 9.17) is 8.83 Å². The van der Waals surface area contributed by atoms with Crippen molar-refractivity contribution < 1.29 is 8.83 Å². The lowest BCUT2D eigenvalue weighted by Crippen LogP contribution is -2.13. The second-order valence-corrected chi connectivity index (χ2v) is 19.8. The van der Waals surface area contributed by atoms with Crippen molar-refractivity contribution in [1.29, 1.82) is 0 Å². The van der Waals surface area contributed by atoms with Gasteiger partial charge >= 0.3 is 0 Å². The number of furan rings is 2. The van der Waals surface area contributed by atoms with Crippen LogP contribution in [0.3, 0.4) is 0 Å². The Labute approximate surface area is 403 Å².